The maximum Gasteiger partial charge on any atom is 0.134 e. The first-order chi connectivity index (χ1) is 10.4. The zero-order chi connectivity index (χ0) is 14.5. The number of para-hydroxylation sites is 1. The van der Waals surface area contributed by atoms with Crippen molar-refractivity contribution in [3.8, 4) is 0 Å². The predicted molar refractivity (Wildman–Crippen MR) is 82.4 cm³/mol. The molecule has 2 atom stereocenters. The van der Waals surface area contributed by atoms with E-state index in [2.05, 4.69) is 17.4 Å². The largest absolute Gasteiger partial charge is 0.464 e. The standard InChI is InChI=1S/C17H23NO3/c1-19-10-8-18-11-13-5-4-9-20-17(13)15-12-21-16-7-3-2-6-14(15)16/h2-3,6-7,12-13,17-18H,4-5,8-11H2,1H3. The molecule has 0 radical (unpaired) electrons. The molecule has 2 heterocycles. The lowest BCUT2D eigenvalue weighted by Gasteiger charge is -2.31. The van der Waals surface area contributed by atoms with Gasteiger partial charge in [0.05, 0.1) is 19.0 Å². The van der Waals surface area contributed by atoms with Crippen LogP contribution in [0.4, 0.5) is 0 Å². The summed E-state index contributed by atoms with van der Waals surface area (Å²) in [5.74, 6) is 0.483. The van der Waals surface area contributed by atoms with Gasteiger partial charge in [0.2, 0.25) is 0 Å². The minimum absolute atomic E-state index is 0.123. The van der Waals surface area contributed by atoms with Gasteiger partial charge < -0.3 is 19.2 Å². The Labute approximate surface area is 125 Å². The number of hydrogen-bond acceptors (Lipinski definition) is 4. The van der Waals surface area contributed by atoms with Crippen LogP contribution in [0.15, 0.2) is 34.9 Å². The maximum atomic E-state index is 6.07. The highest BCUT2D eigenvalue weighted by Crippen LogP contribution is 2.37. The molecule has 4 heteroatoms. The van der Waals surface area contributed by atoms with Gasteiger partial charge >= 0.3 is 0 Å². The van der Waals surface area contributed by atoms with Crippen LogP contribution in [0.3, 0.4) is 0 Å². The molecule has 114 valence electrons. The van der Waals surface area contributed by atoms with Crippen molar-refractivity contribution in [3.05, 3.63) is 36.1 Å². The van der Waals surface area contributed by atoms with E-state index in [1.807, 2.05) is 18.4 Å². The fraction of sp³-hybridized carbons (Fsp3) is 0.529. The summed E-state index contributed by atoms with van der Waals surface area (Å²) in [7, 11) is 1.73. The average molecular weight is 289 g/mol. The van der Waals surface area contributed by atoms with Gasteiger partial charge in [0.15, 0.2) is 0 Å². The van der Waals surface area contributed by atoms with Crippen molar-refractivity contribution in [2.45, 2.75) is 18.9 Å². The Kier molecular flexibility index (Phi) is 4.91. The average Bonchev–Trinajstić information content (AvgIpc) is 2.96. The number of rotatable bonds is 6. The van der Waals surface area contributed by atoms with Crippen LogP contribution >= 0.6 is 0 Å². The number of fused-ring (bicyclic) bond motifs is 1. The van der Waals surface area contributed by atoms with Gasteiger partial charge in [0, 0.05) is 43.7 Å². The highest BCUT2D eigenvalue weighted by Gasteiger charge is 2.29. The molecule has 2 unspecified atom stereocenters. The van der Waals surface area contributed by atoms with Gasteiger partial charge in [-0.25, -0.2) is 0 Å². The zero-order valence-electron chi connectivity index (χ0n) is 12.5. The van der Waals surface area contributed by atoms with Crippen LogP contribution in [0, 0.1) is 5.92 Å². The summed E-state index contributed by atoms with van der Waals surface area (Å²) in [6, 6.07) is 8.17. The monoisotopic (exact) mass is 289 g/mol. The van der Waals surface area contributed by atoms with E-state index < -0.39 is 0 Å². The second-order valence-electron chi connectivity index (χ2n) is 5.58. The first-order valence-electron chi connectivity index (χ1n) is 7.67. The lowest BCUT2D eigenvalue weighted by atomic mass is 9.89. The smallest absolute Gasteiger partial charge is 0.134 e. The van der Waals surface area contributed by atoms with Crippen LogP contribution < -0.4 is 5.32 Å². The van der Waals surface area contributed by atoms with Crippen LogP contribution in [-0.2, 0) is 9.47 Å². The molecule has 1 aliphatic rings. The molecule has 1 aromatic carbocycles. The maximum absolute atomic E-state index is 6.07. The molecule has 21 heavy (non-hydrogen) atoms. The second-order valence-corrected chi connectivity index (χ2v) is 5.58. The topological polar surface area (TPSA) is 43.6 Å². The van der Waals surface area contributed by atoms with E-state index in [1.54, 1.807) is 7.11 Å². The molecule has 3 rings (SSSR count). The fourth-order valence-electron chi connectivity index (χ4n) is 3.08. The molecule has 0 saturated carbocycles. The third-order valence-corrected chi connectivity index (χ3v) is 4.15. The summed E-state index contributed by atoms with van der Waals surface area (Å²) < 4.78 is 16.8. The minimum atomic E-state index is 0.123. The lowest BCUT2D eigenvalue weighted by Crippen LogP contribution is -2.33. The molecule has 2 aromatic rings. The second kappa shape index (κ2) is 7.07. The van der Waals surface area contributed by atoms with Crippen molar-refractivity contribution < 1.29 is 13.9 Å². The van der Waals surface area contributed by atoms with Crippen LogP contribution in [0.1, 0.15) is 24.5 Å². The molecule has 1 aliphatic heterocycles. The summed E-state index contributed by atoms with van der Waals surface area (Å²) >= 11 is 0. The number of ether oxygens (including phenoxy) is 2. The van der Waals surface area contributed by atoms with E-state index in [4.69, 9.17) is 13.9 Å². The summed E-state index contributed by atoms with van der Waals surface area (Å²) in [5.41, 5.74) is 2.12. The molecule has 1 N–H and O–H groups in total. The molecule has 1 aromatic heterocycles. The molecule has 0 aliphatic carbocycles. The highest BCUT2D eigenvalue weighted by atomic mass is 16.5. The van der Waals surface area contributed by atoms with Crippen molar-refractivity contribution in [1.82, 2.24) is 5.32 Å². The number of nitrogens with one attached hydrogen (secondary N) is 1. The van der Waals surface area contributed by atoms with Crippen molar-refractivity contribution >= 4 is 11.0 Å². The van der Waals surface area contributed by atoms with Crippen LogP contribution in [0.25, 0.3) is 11.0 Å². The Hall–Kier alpha value is -1.36. The molecule has 0 amide bonds. The first-order valence-corrected chi connectivity index (χ1v) is 7.67. The zero-order valence-corrected chi connectivity index (χ0v) is 12.5. The Morgan fingerprint density at radius 1 is 1.33 bits per heavy atom. The Morgan fingerprint density at radius 3 is 3.14 bits per heavy atom. The predicted octanol–water partition coefficient (Wildman–Crippen LogP) is 3.14. The van der Waals surface area contributed by atoms with E-state index in [9.17, 15) is 0 Å². The van der Waals surface area contributed by atoms with E-state index in [0.29, 0.717) is 5.92 Å². The van der Waals surface area contributed by atoms with Crippen molar-refractivity contribution in [1.29, 1.82) is 0 Å². The van der Waals surface area contributed by atoms with Gasteiger partial charge in [0.1, 0.15) is 5.58 Å². The number of hydrogen-bond donors (Lipinski definition) is 1. The SMILES string of the molecule is COCCNCC1CCCOC1c1coc2ccccc12. The molecule has 0 spiro atoms. The van der Waals surface area contributed by atoms with E-state index in [-0.39, 0.29) is 6.10 Å². The van der Waals surface area contributed by atoms with Gasteiger partial charge in [0.25, 0.3) is 0 Å². The van der Waals surface area contributed by atoms with Gasteiger partial charge in [-0.2, -0.15) is 0 Å². The Balaban J connectivity index is 1.74. The Bertz CT molecular complexity index is 566. The third-order valence-electron chi connectivity index (χ3n) is 4.15. The Morgan fingerprint density at radius 2 is 2.24 bits per heavy atom. The van der Waals surface area contributed by atoms with Crippen LogP contribution in [0.5, 0.6) is 0 Å². The molecular formula is C17H23NO3. The third kappa shape index (κ3) is 3.28. The lowest BCUT2D eigenvalue weighted by molar-refractivity contribution is -0.0275. The van der Waals surface area contributed by atoms with Crippen LogP contribution in [0.2, 0.25) is 0 Å². The van der Waals surface area contributed by atoms with Gasteiger partial charge in [-0.3, -0.25) is 0 Å². The van der Waals surface area contributed by atoms with E-state index >= 15 is 0 Å². The van der Waals surface area contributed by atoms with E-state index in [1.165, 1.54) is 17.4 Å². The fourth-order valence-corrected chi connectivity index (χ4v) is 3.08. The van der Waals surface area contributed by atoms with Crippen molar-refractivity contribution in [2.75, 3.05) is 33.4 Å². The molecule has 4 nitrogen and oxygen atoms in total. The molecule has 0 bridgehead atoms. The molecule has 1 fully saturated rings. The highest BCUT2D eigenvalue weighted by molar-refractivity contribution is 5.81. The summed E-state index contributed by atoms with van der Waals surface area (Å²) in [6.07, 6.45) is 4.30. The number of furan rings is 1. The quantitative estimate of drug-likeness (QED) is 0.830. The minimum Gasteiger partial charge on any atom is -0.464 e. The van der Waals surface area contributed by atoms with Gasteiger partial charge in [-0.05, 0) is 18.9 Å². The summed E-state index contributed by atoms with van der Waals surface area (Å²) in [6.45, 7) is 3.41. The van der Waals surface area contributed by atoms with Gasteiger partial charge in [-0.1, -0.05) is 18.2 Å². The van der Waals surface area contributed by atoms with Crippen LogP contribution in [-0.4, -0.2) is 33.4 Å². The van der Waals surface area contributed by atoms with Crippen molar-refractivity contribution in [3.63, 3.8) is 0 Å². The number of benzene rings is 1. The summed E-state index contributed by atoms with van der Waals surface area (Å²) in [5, 5.41) is 4.63. The normalized spacial score (nSPS) is 22.7. The first kappa shape index (κ1) is 14.6. The molecule has 1 saturated heterocycles. The van der Waals surface area contributed by atoms with Gasteiger partial charge in [-0.15, -0.1) is 0 Å². The number of methoxy groups -OCH3 is 1. The summed E-state index contributed by atoms with van der Waals surface area (Å²) in [4.78, 5) is 0. The van der Waals surface area contributed by atoms with E-state index in [0.717, 1.165) is 38.3 Å². The molecular weight excluding hydrogens is 266 g/mol. The van der Waals surface area contributed by atoms with Crippen molar-refractivity contribution in [2.24, 2.45) is 5.92 Å².